The van der Waals surface area contributed by atoms with Crippen LogP contribution in [0.5, 0.6) is 11.5 Å². The van der Waals surface area contributed by atoms with Crippen molar-refractivity contribution in [3.05, 3.63) is 23.8 Å². The summed E-state index contributed by atoms with van der Waals surface area (Å²) in [6, 6.07) is 4.25. The van der Waals surface area contributed by atoms with Gasteiger partial charge in [0.05, 0.1) is 13.2 Å². The Morgan fingerprint density at radius 1 is 1.31 bits per heavy atom. The number of rotatable bonds is 5. The van der Waals surface area contributed by atoms with Gasteiger partial charge in [0.2, 0.25) is 0 Å². The Morgan fingerprint density at radius 3 is 2.56 bits per heavy atom. The van der Waals surface area contributed by atoms with Crippen molar-refractivity contribution in [1.82, 2.24) is 0 Å². The second kappa shape index (κ2) is 5.69. The average molecular weight is 228 g/mol. The Morgan fingerprint density at radius 2 is 2.00 bits per heavy atom. The minimum atomic E-state index is -1.20. The summed E-state index contributed by atoms with van der Waals surface area (Å²) in [5.74, 6) is 0.355. The number of aliphatic hydroxyl groups excluding tert-OH is 3. The van der Waals surface area contributed by atoms with E-state index in [4.69, 9.17) is 9.84 Å². The summed E-state index contributed by atoms with van der Waals surface area (Å²) < 4.78 is 5.01. The van der Waals surface area contributed by atoms with Crippen LogP contribution in [0.2, 0.25) is 0 Å². The number of phenolic OH excluding ortho intramolecular Hbond substituents is 1. The lowest BCUT2D eigenvalue weighted by Gasteiger charge is -2.19. The van der Waals surface area contributed by atoms with Gasteiger partial charge >= 0.3 is 0 Å². The smallest absolute Gasteiger partial charge is 0.125 e. The van der Waals surface area contributed by atoms with E-state index in [1.165, 1.54) is 25.3 Å². The largest absolute Gasteiger partial charge is 0.508 e. The fourth-order valence-electron chi connectivity index (χ4n) is 1.45. The maximum Gasteiger partial charge on any atom is 0.125 e. The Labute approximate surface area is 93.5 Å². The van der Waals surface area contributed by atoms with Crippen LogP contribution >= 0.6 is 0 Å². The first-order valence-corrected chi connectivity index (χ1v) is 4.94. The van der Waals surface area contributed by atoms with Crippen molar-refractivity contribution < 1.29 is 25.2 Å². The summed E-state index contributed by atoms with van der Waals surface area (Å²) in [6.45, 7) is -0.223. The van der Waals surface area contributed by atoms with E-state index in [2.05, 4.69) is 0 Å². The first kappa shape index (κ1) is 12.8. The molecule has 0 amide bonds. The minimum absolute atomic E-state index is 0.0222. The predicted octanol–water partition coefficient (Wildman–Crippen LogP) is 0.177. The van der Waals surface area contributed by atoms with E-state index in [9.17, 15) is 15.3 Å². The minimum Gasteiger partial charge on any atom is -0.508 e. The van der Waals surface area contributed by atoms with E-state index in [0.717, 1.165) is 0 Å². The van der Waals surface area contributed by atoms with Gasteiger partial charge in [-0.15, -0.1) is 0 Å². The van der Waals surface area contributed by atoms with Crippen molar-refractivity contribution in [2.45, 2.75) is 18.6 Å². The van der Waals surface area contributed by atoms with Gasteiger partial charge in [0.15, 0.2) is 0 Å². The summed E-state index contributed by atoms with van der Waals surface area (Å²) in [7, 11) is 1.43. The van der Waals surface area contributed by atoms with Gasteiger partial charge in [-0.1, -0.05) is 0 Å². The van der Waals surface area contributed by atoms with Crippen molar-refractivity contribution in [2.24, 2.45) is 0 Å². The molecule has 90 valence electrons. The van der Waals surface area contributed by atoms with Crippen molar-refractivity contribution >= 4 is 0 Å². The molecule has 5 nitrogen and oxygen atoms in total. The molecule has 0 bridgehead atoms. The number of benzene rings is 1. The van der Waals surface area contributed by atoms with E-state index in [1.54, 1.807) is 0 Å². The predicted molar refractivity (Wildman–Crippen MR) is 57.3 cm³/mol. The first-order valence-electron chi connectivity index (χ1n) is 4.94. The molecule has 1 rings (SSSR count). The molecule has 0 aromatic heterocycles. The molecule has 0 saturated heterocycles. The van der Waals surface area contributed by atoms with Gasteiger partial charge in [0, 0.05) is 12.2 Å². The molecule has 0 spiro atoms. The van der Waals surface area contributed by atoms with Gasteiger partial charge < -0.3 is 25.2 Å². The number of methoxy groups -OCH3 is 1. The lowest BCUT2D eigenvalue weighted by Crippen LogP contribution is -2.20. The molecular formula is C11H16O5. The maximum absolute atomic E-state index is 9.80. The van der Waals surface area contributed by atoms with Gasteiger partial charge in [0.25, 0.3) is 0 Å². The van der Waals surface area contributed by atoms with E-state index >= 15 is 0 Å². The third-order valence-electron chi connectivity index (χ3n) is 2.32. The summed E-state index contributed by atoms with van der Waals surface area (Å²) in [5.41, 5.74) is 0.295. The van der Waals surface area contributed by atoms with Gasteiger partial charge in [-0.05, 0) is 24.6 Å². The molecule has 16 heavy (non-hydrogen) atoms. The fourth-order valence-corrected chi connectivity index (χ4v) is 1.45. The van der Waals surface area contributed by atoms with Gasteiger partial charge in [-0.25, -0.2) is 0 Å². The molecule has 0 fully saturated rings. The van der Waals surface area contributed by atoms with Crippen LogP contribution in [0.4, 0.5) is 0 Å². The molecule has 0 heterocycles. The monoisotopic (exact) mass is 228 g/mol. The topological polar surface area (TPSA) is 90.2 Å². The molecule has 1 aromatic carbocycles. The summed E-state index contributed by atoms with van der Waals surface area (Å²) in [6.07, 6.45) is -2.24. The number of hydrogen-bond donors (Lipinski definition) is 4. The molecule has 4 N–H and O–H groups in total. The van der Waals surface area contributed by atoms with Gasteiger partial charge in [-0.2, -0.15) is 0 Å². The lowest BCUT2D eigenvalue weighted by molar-refractivity contribution is 0.00295. The second-order valence-electron chi connectivity index (χ2n) is 3.45. The molecule has 0 aliphatic carbocycles. The lowest BCUT2D eigenvalue weighted by atomic mass is 10.0. The highest BCUT2D eigenvalue weighted by atomic mass is 16.5. The maximum atomic E-state index is 9.80. The standard InChI is InChI=1S/C11H16O5/c1-16-10-3-2-7(13)6-8(10)11(15)9(14)4-5-12/h2-3,6,9,11-15H,4-5H2,1H3. The molecule has 1 aromatic rings. The number of ether oxygens (including phenoxy) is 1. The van der Waals surface area contributed by atoms with Crippen LogP contribution in [-0.4, -0.2) is 40.2 Å². The molecular weight excluding hydrogens is 212 g/mol. The van der Waals surface area contributed by atoms with Crippen LogP contribution in [-0.2, 0) is 0 Å². The Balaban J connectivity index is 2.96. The number of aromatic hydroxyl groups is 1. The zero-order chi connectivity index (χ0) is 12.1. The van der Waals surface area contributed by atoms with Crippen LogP contribution in [0.1, 0.15) is 18.1 Å². The molecule has 0 aliphatic rings. The van der Waals surface area contributed by atoms with E-state index in [-0.39, 0.29) is 18.8 Å². The van der Waals surface area contributed by atoms with Crippen LogP contribution in [0, 0.1) is 0 Å². The number of phenols is 1. The first-order chi connectivity index (χ1) is 7.60. The van der Waals surface area contributed by atoms with Crippen molar-refractivity contribution in [1.29, 1.82) is 0 Å². The highest BCUT2D eigenvalue weighted by Crippen LogP contribution is 2.31. The number of hydrogen-bond acceptors (Lipinski definition) is 5. The number of aliphatic hydroxyl groups is 3. The van der Waals surface area contributed by atoms with Crippen LogP contribution in [0.15, 0.2) is 18.2 Å². The summed E-state index contributed by atoms with van der Waals surface area (Å²) >= 11 is 0. The SMILES string of the molecule is COc1ccc(O)cc1C(O)C(O)CCO. The van der Waals surface area contributed by atoms with Crippen LogP contribution < -0.4 is 4.74 Å². The Bertz CT molecular complexity index is 339. The molecule has 0 radical (unpaired) electrons. The zero-order valence-electron chi connectivity index (χ0n) is 9.00. The second-order valence-corrected chi connectivity index (χ2v) is 3.45. The Hall–Kier alpha value is -1.30. The third-order valence-corrected chi connectivity index (χ3v) is 2.32. The van der Waals surface area contributed by atoms with Crippen molar-refractivity contribution in [2.75, 3.05) is 13.7 Å². The molecule has 2 atom stereocenters. The molecule has 5 heteroatoms. The summed E-state index contributed by atoms with van der Waals surface area (Å²) in [5, 5.41) is 37.3. The molecule has 0 aliphatic heterocycles. The highest BCUT2D eigenvalue weighted by molar-refractivity contribution is 5.41. The van der Waals surface area contributed by atoms with E-state index < -0.39 is 12.2 Å². The van der Waals surface area contributed by atoms with Crippen LogP contribution in [0.3, 0.4) is 0 Å². The Kier molecular flexibility index (Phi) is 4.54. The molecule has 0 saturated carbocycles. The highest BCUT2D eigenvalue weighted by Gasteiger charge is 2.21. The summed E-state index contributed by atoms with van der Waals surface area (Å²) in [4.78, 5) is 0. The zero-order valence-corrected chi connectivity index (χ0v) is 9.00. The van der Waals surface area contributed by atoms with Gasteiger partial charge in [0.1, 0.15) is 17.6 Å². The van der Waals surface area contributed by atoms with Gasteiger partial charge in [-0.3, -0.25) is 0 Å². The average Bonchev–Trinajstić information content (AvgIpc) is 2.28. The molecule has 2 unspecified atom stereocenters. The van der Waals surface area contributed by atoms with Crippen molar-refractivity contribution in [3.8, 4) is 11.5 Å². The quantitative estimate of drug-likeness (QED) is 0.577. The fraction of sp³-hybridized carbons (Fsp3) is 0.455. The third kappa shape index (κ3) is 2.85. The van der Waals surface area contributed by atoms with E-state index in [0.29, 0.717) is 11.3 Å². The van der Waals surface area contributed by atoms with Crippen LogP contribution in [0.25, 0.3) is 0 Å². The van der Waals surface area contributed by atoms with E-state index in [1.807, 2.05) is 0 Å². The van der Waals surface area contributed by atoms with Crippen molar-refractivity contribution in [3.63, 3.8) is 0 Å². The normalized spacial score (nSPS) is 14.5.